The van der Waals surface area contributed by atoms with Crippen LogP contribution in [0.15, 0.2) is 42.7 Å². The van der Waals surface area contributed by atoms with Crippen molar-refractivity contribution in [2.75, 3.05) is 11.9 Å². The second-order valence-electron chi connectivity index (χ2n) is 4.12. The van der Waals surface area contributed by atoms with Crippen LogP contribution in [0.5, 0.6) is 5.75 Å². The molecule has 0 atom stereocenters. The molecule has 0 fully saturated rings. The first kappa shape index (κ1) is 10.8. The topological polar surface area (TPSA) is 51.2 Å². The SMILES string of the molecule is O=C(Nc1cccnc1)c1ccc2c(c1)CCO2. The normalized spacial score (nSPS) is 12.7. The van der Waals surface area contributed by atoms with Gasteiger partial charge in [-0.25, -0.2) is 0 Å². The monoisotopic (exact) mass is 240 g/mol. The number of pyridine rings is 1. The van der Waals surface area contributed by atoms with E-state index >= 15 is 0 Å². The molecule has 0 spiro atoms. The van der Waals surface area contributed by atoms with Gasteiger partial charge in [-0.05, 0) is 35.9 Å². The van der Waals surface area contributed by atoms with Crippen molar-refractivity contribution in [2.24, 2.45) is 0 Å². The second kappa shape index (κ2) is 4.49. The standard InChI is InChI=1S/C14H12N2O2/c17-14(16-12-2-1-6-15-9-12)11-3-4-13-10(8-11)5-7-18-13/h1-4,6,8-9H,5,7H2,(H,16,17). The molecule has 3 rings (SSSR count). The molecule has 0 bridgehead atoms. The van der Waals surface area contributed by atoms with E-state index in [2.05, 4.69) is 10.3 Å². The molecule has 1 N–H and O–H groups in total. The largest absolute Gasteiger partial charge is 0.493 e. The molecule has 0 saturated carbocycles. The van der Waals surface area contributed by atoms with Gasteiger partial charge in [0.05, 0.1) is 18.5 Å². The predicted molar refractivity (Wildman–Crippen MR) is 67.8 cm³/mol. The van der Waals surface area contributed by atoms with E-state index < -0.39 is 0 Å². The molecule has 1 amide bonds. The van der Waals surface area contributed by atoms with Crippen LogP contribution >= 0.6 is 0 Å². The first-order valence-electron chi connectivity index (χ1n) is 5.80. The Kier molecular flexibility index (Phi) is 2.68. The Hall–Kier alpha value is -2.36. The third-order valence-electron chi connectivity index (χ3n) is 2.87. The van der Waals surface area contributed by atoms with Crippen LogP contribution in [-0.2, 0) is 6.42 Å². The Balaban J connectivity index is 1.81. The molecule has 0 aliphatic carbocycles. The zero-order chi connectivity index (χ0) is 12.4. The Morgan fingerprint density at radius 1 is 1.33 bits per heavy atom. The summed E-state index contributed by atoms with van der Waals surface area (Å²) in [5.74, 6) is 0.755. The highest BCUT2D eigenvalue weighted by Gasteiger charge is 2.14. The summed E-state index contributed by atoms with van der Waals surface area (Å²) in [5, 5.41) is 2.81. The van der Waals surface area contributed by atoms with Gasteiger partial charge in [-0.1, -0.05) is 0 Å². The maximum Gasteiger partial charge on any atom is 0.255 e. The molecular weight excluding hydrogens is 228 g/mol. The van der Waals surface area contributed by atoms with Crippen LogP contribution in [0.4, 0.5) is 5.69 Å². The van der Waals surface area contributed by atoms with E-state index in [4.69, 9.17) is 4.74 Å². The summed E-state index contributed by atoms with van der Waals surface area (Å²) >= 11 is 0. The number of fused-ring (bicyclic) bond motifs is 1. The third-order valence-corrected chi connectivity index (χ3v) is 2.87. The van der Waals surface area contributed by atoms with Crippen molar-refractivity contribution in [3.05, 3.63) is 53.9 Å². The summed E-state index contributed by atoms with van der Waals surface area (Å²) in [6.45, 7) is 0.697. The number of benzene rings is 1. The molecule has 0 radical (unpaired) electrons. The van der Waals surface area contributed by atoms with E-state index in [1.54, 1.807) is 30.6 Å². The van der Waals surface area contributed by atoms with E-state index in [0.29, 0.717) is 17.9 Å². The molecule has 18 heavy (non-hydrogen) atoms. The van der Waals surface area contributed by atoms with Gasteiger partial charge < -0.3 is 10.1 Å². The first-order chi connectivity index (χ1) is 8.83. The van der Waals surface area contributed by atoms with Gasteiger partial charge in [-0.15, -0.1) is 0 Å². The molecule has 0 saturated heterocycles. The van der Waals surface area contributed by atoms with E-state index in [1.807, 2.05) is 12.1 Å². The smallest absolute Gasteiger partial charge is 0.255 e. The maximum absolute atomic E-state index is 12.0. The molecule has 1 aliphatic heterocycles. The van der Waals surface area contributed by atoms with E-state index in [1.165, 1.54) is 0 Å². The van der Waals surface area contributed by atoms with Crippen LogP contribution in [-0.4, -0.2) is 17.5 Å². The number of hydrogen-bond donors (Lipinski definition) is 1. The third kappa shape index (κ3) is 2.05. The van der Waals surface area contributed by atoms with Gasteiger partial charge in [0.2, 0.25) is 0 Å². The summed E-state index contributed by atoms with van der Waals surface area (Å²) in [4.78, 5) is 16.0. The fourth-order valence-electron chi connectivity index (χ4n) is 1.97. The summed E-state index contributed by atoms with van der Waals surface area (Å²) < 4.78 is 5.41. The van der Waals surface area contributed by atoms with Crippen molar-refractivity contribution < 1.29 is 9.53 Å². The van der Waals surface area contributed by atoms with Crippen LogP contribution in [0.2, 0.25) is 0 Å². The number of nitrogens with one attached hydrogen (secondary N) is 1. The minimum atomic E-state index is -0.127. The molecule has 1 aliphatic rings. The van der Waals surface area contributed by atoms with E-state index in [0.717, 1.165) is 17.7 Å². The van der Waals surface area contributed by atoms with Crippen LogP contribution in [0.25, 0.3) is 0 Å². The lowest BCUT2D eigenvalue weighted by molar-refractivity contribution is 0.102. The number of carbonyl (C=O) groups is 1. The molecule has 0 unspecified atom stereocenters. The number of ether oxygens (including phenoxy) is 1. The second-order valence-corrected chi connectivity index (χ2v) is 4.12. The molecule has 4 nitrogen and oxygen atoms in total. The van der Waals surface area contributed by atoms with Crippen LogP contribution in [0.3, 0.4) is 0 Å². The lowest BCUT2D eigenvalue weighted by Gasteiger charge is -2.05. The molecule has 2 heterocycles. The molecule has 90 valence electrons. The minimum Gasteiger partial charge on any atom is -0.493 e. The fourth-order valence-corrected chi connectivity index (χ4v) is 1.97. The quantitative estimate of drug-likeness (QED) is 0.876. The summed E-state index contributed by atoms with van der Waals surface area (Å²) in [6.07, 6.45) is 4.15. The maximum atomic E-state index is 12.0. The molecular formula is C14H12N2O2. The lowest BCUT2D eigenvalue weighted by Crippen LogP contribution is -2.12. The Bertz CT molecular complexity index is 582. The van der Waals surface area contributed by atoms with Gasteiger partial charge in [0, 0.05) is 18.2 Å². The van der Waals surface area contributed by atoms with Gasteiger partial charge in [0.15, 0.2) is 0 Å². The number of rotatable bonds is 2. The van der Waals surface area contributed by atoms with Gasteiger partial charge in [0.1, 0.15) is 5.75 Å². The van der Waals surface area contributed by atoms with Crippen LogP contribution in [0.1, 0.15) is 15.9 Å². The fraction of sp³-hybridized carbons (Fsp3) is 0.143. The van der Waals surface area contributed by atoms with Crippen molar-refractivity contribution in [3.63, 3.8) is 0 Å². The zero-order valence-electron chi connectivity index (χ0n) is 9.72. The van der Waals surface area contributed by atoms with Crippen molar-refractivity contribution in [1.82, 2.24) is 4.98 Å². The zero-order valence-corrected chi connectivity index (χ0v) is 9.72. The van der Waals surface area contributed by atoms with Crippen molar-refractivity contribution in [3.8, 4) is 5.75 Å². The highest BCUT2D eigenvalue weighted by molar-refractivity contribution is 6.04. The van der Waals surface area contributed by atoms with E-state index in [9.17, 15) is 4.79 Å². The van der Waals surface area contributed by atoms with Gasteiger partial charge in [-0.2, -0.15) is 0 Å². The summed E-state index contributed by atoms with van der Waals surface area (Å²) in [5.41, 5.74) is 2.43. The highest BCUT2D eigenvalue weighted by atomic mass is 16.5. The number of carbonyl (C=O) groups excluding carboxylic acids is 1. The lowest BCUT2D eigenvalue weighted by atomic mass is 10.1. The number of anilines is 1. The molecule has 4 heteroatoms. The van der Waals surface area contributed by atoms with Crippen molar-refractivity contribution >= 4 is 11.6 Å². The summed E-state index contributed by atoms with van der Waals surface area (Å²) in [6, 6.07) is 9.10. The average molecular weight is 240 g/mol. The molecule has 2 aromatic rings. The summed E-state index contributed by atoms with van der Waals surface area (Å²) in [7, 11) is 0. The number of nitrogens with zero attached hydrogens (tertiary/aromatic N) is 1. The van der Waals surface area contributed by atoms with Crippen molar-refractivity contribution in [2.45, 2.75) is 6.42 Å². The van der Waals surface area contributed by atoms with Gasteiger partial charge >= 0.3 is 0 Å². The Morgan fingerprint density at radius 2 is 2.28 bits per heavy atom. The van der Waals surface area contributed by atoms with Crippen LogP contribution < -0.4 is 10.1 Å². The van der Waals surface area contributed by atoms with Crippen LogP contribution in [0, 0.1) is 0 Å². The Morgan fingerprint density at radius 3 is 3.11 bits per heavy atom. The number of amides is 1. The number of aromatic nitrogens is 1. The number of hydrogen-bond acceptors (Lipinski definition) is 3. The highest BCUT2D eigenvalue weighted by Crippen LogP contribution is 2.26. The van der Waals surface area contributed by atoms with Gasteiger partial charge in [0.25, 0.3) is 5.91 Å². The average Bonchev–Trinajstić information content (AvgIpc) is 2.87. The van der Waals surface area contributed by atoms with Gasteiger partial charge in [-0.3, -0.25) is 9.78 Å². The predicted octanol–water partition coefficient (Wildman–Crippen LogP) is 2.27. The molecule has 1 aromatic heterocycles. The Labute approximate surface area is 105 Å². The van der Waals surface area contributed by atoms with E-state index in [-0.39, 0.29) is 5.91 Å². The first-order valence-corrected chi connectivity index (χ1v) is 5.80. The minimum absolute atomic E-state index is 0.127. The molecule has 1 aromatic carbocycles. The van der Waals surface area contributed by atoms with Crippen molar-refractivity contribution in [1.29, 1.82) is 0 Å².